The van der Waals surface area contributed by atoms with Gasteiger partial charge in [-0.05, 0) is 19.2 Å². The summed E-state index contributed by atoms with van der Waals surface area (Å²) in [6, 6.07) is 12.2. The zero-order valence-electron chi connectivity index (χ0n) is 11.7. The molecule has 0 fully saturated rings. The van der Waals surface area contributed by atoms with Crippen LogP contribution in [-0.4, -0.2) is 24.9 Å². The van der Waals surface area contributed by atoms with E-state index in [9.17, 15) is 5.11 Å². The number of phenolic OH excluding ortho intramolecular Hbond substituents is 1. The van der Waals surface area contributed by atoms with Crippen LogP contribution in [0.25, 0.3) is 10.8 Å². The van der Waals surface area contributed by atoms with Crippen LogP contribution in [0, 0.1) is 0 Å². The standard InChI is InChI=1S/C16H21NO2/c1-11(10-19-3)17-12(2)14-9-8-13-6-4-5-7-15(13)16(14)18/h4-9,11-12,17-18H,10H2,1-3H3. The molecule has 0 aromatic heterocycles. The summed E-state index contributed by atoms with van der Waals surface area (Å²) in [4.78, 5) is 0. The maximum atomic E-state index is 10.4. The highest BCUT2D eigenvalue weighted by atomic mass is 16.5. The van der Waals surface area contributed by atoms with E-state index in [-0.39, 0.29) is 12.1 Å². The van der Waals surface area contributed by atoms with Crippen LogP contribution in [-0.2, 0) is 4.74 Å². The van der Waals surface area contributed by atoms with E-state index in [4.69, 9.17) is 4.74 Å². The van der Waals surface area contributed by atoms with Crippen LogP contribution in [0.4, 0.5) is 0 Å². The number of benzene rings is 2. The van der Waals surface area contributed by atoms with Crippen LogP contribution in [0.5, 0.6) is 5.75 Å². The topological polar surface area (TPSA) is 41.5 Å². The monoisotopic (exact) mass is 259 g/mol. The molecule has 0 radical (unpaired) electrons. The van der Waals surface area contributed by atoms with Gasteiger partial charge in [0.1, 0.15) is 5.75 Å². The van der Waals surface area contributed by atoms with Gasteiger partial charge in [0.15, 0.2) is 0 Å². The number of hydrogen-bond donors (Lipinski definition) is 2. The third-order valence-electron chi connectivity index (χ3n) is 3.35. The second-order valence-corrected chi connectivity index (χ2v) is 4.97. The summed E-state index contributed by atoms with van der Waals surface area (Å²) in [6.45, 7) is 4.77. The van der Waals surface area contributed by atoms with Crippen molar-refractivity contribution in [2.24, 2.45) is 0 Å². The molecule has 102 valence electrons. The van der Waals surface area contributed by atoms with Crippen LogP contribution in [0.2, 0.25) is 0 Å². The molecule has 0 amide bonds. The lowest BCUT2D eigenvalue weighted by Crippen LogP contribution is -2.32. The Morgan fingerprint density at radius 3 is 2.63 bits per heavy atom. The van der Waals surface area contributed by atoms with Crippen LogP contribution in [0.1, 0.15) is 25.5 Å². The van der Waals surface area contributed by atoms with E-state index >= 15 is 0 Å². The lowest BCUT2D eigenvalue weighted by Gasteiger charge is -2.21. The summed E-state index contributed by atoms with van der Waals surface area (Å²) in [5.74, 6) is 0.364. The van der Waals surface area contributed by atoms with E-state index in [2.05, 4.69) is 19.2 Å². The zero-order chi connectivity index (χ0) is 13.8. The number of fused-ring (bicyclic) bond motifs is 1. The summed E-state index contributed by atoms with van der Waals surface area (Å²) in [5.41, 5.74) is 0.918. The average molecular weight is 259 g/mol. The fraction of sp³-hybridized carbons (Fsp3) is 0.375. The Morgan fingerprint density at radius 2 is 1.89 bits per heavy atom. The van der Waals surface area contributed by atoms with Crippen molar-refractivity contribution in [2.75, 3.05) is 13.7 Å². The Bertz CT molecular complexity index is 553. The number of phenols is 1. The van der Waals surface area contributed by atoms with Gasteiger partial charge in [0.25, 0.3) is 0 Å². The first-order valence-electron chi connectivity index (χ1n) is 6.59. The number of methoxy groups -OCH3 is 1. The minimum Gasteiger partial charge on any atom is -0.507 e. The van der Waals surface area contributed by atoms with E-state index < -0.39 is 0 Å². The molecule has 2 atom stereocenters. The van der Waals surface area contributed by atoms with Crippen molar-refractivity contribution in [3.05, 3.63) is 42.0 Å². The van der Waals surface area contributed by atoms with Crippen LogP contribution in [0.3, 0.4) is 0 Å². The van der Waals surface area contributed by atoms with Gasteiger partial charge in [0.05, 0.1) is 6.61 Å². The molecule has 3 nitrogen and oxygen atoms in total. The van der Waals surface area contributed by atoms with Gasteiger partial charge in [-0.3, -0.25) is 0 Å². The van der Waals surface area contributed by atoms with Crippen molar-refractivity contribution in [1.82, 2.24) is 5.32 Å². The minimum atomic E-state index is 0.0785. The Balaban J connectivity index is 2.27. The lowest BCUT2D eigenvalue weighted by molar-refractivity contribution is 0.167. The van der Waals surface area contributed by atoms with Crippen molar-refractivity contribution in [3.8, 4) is 5.75 Å². The summed E-state index contributed by atoms with van der Waals surface area (Å²) in [5, 5.41) is 15.8. The molecule has 2 aromatic carbocycles. The molecule has 0 heterocycles. The number of ether oxygens (including phenoxy) is 1. The van der Waals surface area contributed by atoms with Crippen molar-refractivity contribution >= 4 is 10.8 Å². The van der Waals surface area contributed by atoms with Gasteiger partial charge in [-0.15, -0.1) is 0 Å². The second-order valence-electron chi connectivity index (χ2n) is 4.97. The fourth-order valence-electron chi connectivity index (χ4n) is 2.44. The summed E-state index contributed by atoms with van der Waals surface area (Å²) >= 11 is 0. The molecule has 0 aliphatic rings. The van der Waals surface area contributed by atoms with Crippen LogP contribution < -0.4 is 5.32 Å². The van der Waals surface area contributed by atoms with Crippen molar-refractivity contribution in [3.63, 3.8) is 0 Å². The lowest BCUT2D eigenvalue weighted by atomic mass is 10.0. The summed E-state index contributed by atoms with van der Waals surface area (Å²) < 4.78 is 5.12. The molecule has 2 aromatic rings. The predicted molar refractivity (Wildman–Crippen MR) is 78.5 cm³/mol. The van der Waals surface area contributed by atoms with Gasteiger partial charge in [0, 0.05) is 30.1 Å². The Morgan fingerprint density at radius 1 is 1.16 bits per heavy atom. The highest BCUT2D eigenvalue weighted by Crippen LogP contribution is 2.32. The SMILES string of the molecule is COCC(C)NC(C)c1ccc2ccccc2c1O. The molecule has 0 aliphatic carbocycles. The average Bonchev–Trinajstić information content (AvgIpc) is 2.39. The quantitative estimate of drug-likeness (QED) is 0.866. The number of aromatic hydroxyl groups is 1. The van der Waals surface area contributed by atoms with E-state index in [1.807, 2.05) is 36.4 Å². The highest BCUT2D eigenvalue weighted by Gasteiger charge is 2.14. The van der Waals surface area contributed by atoms with Gasteiger partial charge >= 0.3 is 0 Å². The first-order valence-corrected chi connectivity index (χ1v) is 6.59. The number of nitrogens with one attached hydrogen (secondary N) is 1. The van der Waals surface area contributed by atoms with Crippen LogP contribution in [0.15, 0.2) is 36.4 Å². The number of rotatable bonds is 5. The molecule has 0 spiro atoms. The maximum Gasteiger partial charge on any atom is 0.128 e. The van der Waals surface area contributed by atoms with Crippen molar-refractivity contribution < 1.29 is 9.84 Å². The molecule has 0 aliphatic heterocycles. The minimum absolute atomic E-state index is 0.0785. The molecule has 19 heavy (non-hydrogen) atoms. The van der Waals surface area contributed by atoms with Gasteiger partial charge in [-0.2, -0.15) is 0 Å². The maximum absolute atomic E-state index is 10.4. The molecule has 2 unspecified atom stereocenters. The fourth-order valence-corrected chi connectivity index (χ4v) is 2.44. The van der Waals surface area contributed by atoms with Gasteiger partial charge < -0.3 is 15.2 Å². The molecule has 0 saturated carbocycles. The Kier molecular flexibility index (Phi) is 4.40. The Labute approximate surface area is 114 Å². The molecular formula is C16H21NO2. The number of hydrogen-bond acceptors (Lipinski definition) is 3. The molecule has 0 bridgehead atoms. The van der Waals surface area contributed by atoms with E-state index in [0.29, 0.717) is 12.4 Å². The highest BCUT2D eigenvalue weighted by molar-refractivity contribution is 5.89. The summed E-state index contributed by atoms with van der Waals surface area (Å²) in [6.07, 6.45) is 0. The van der Waals surface area contributed by atoms with Gasteiger partial charge in [-0.25, -0.2) is 0 Å². The first kappa shape index (κ1) is 13.8. The van der Waals surface area contributed by atoms with E-state index in [0.717, 1.165) is 16.3 Å². The summed E-state index contributed by atoms with van der Waals surface area (Å²) in [7, 11) is 1.69. The van der Waals surface area contributed by atoms with Crippen molar-refractivity contribution in [2.45, 2.75) is 25.9 Å². The molecule has 0 saturated heterocycles. The third-order valence-corrected chi connectivity index (χ3v) is 3.35. The van der Waals surface area contributed by atoms with Gasteiger partial charge in [0.2, 0.25) is 0 Å². The third kappa shape index (κ3) is 3.06. The van der Waals surface area contributed by atoms with E-state index in [1.165, 1.54) is 0 Å². The molecule has 3 heteroatoms. The van der Waals surface area contributed by atoms with Crippen molar-refractivity contribution in [1.29, 1.82) is 0 Å². The molecular weight excluding hydrogens is 238 g/mol. The second kappa shape index (κ2) is 6.04. The first-order chi connectivity index (χ1) is 9.13. The zero-order valence-corrected chi connectivity index (χ0v) is 11.7. The smallest absolute Gasteiger partial charge is 0.128 e. The largest absolute Gasteiger partial charge is 0.507 e. The van der Waals surface area contributed by atoms with Gasteiger partial charge in [-0.1, -0.05) is 36.4 Å². The van der Waals surface area contributed by atoms with Crippen LogP contribution >= 0.6 is 0 Å². The van der Waals surface area contributed by atoms with E-state index in [1.54, 1.807) is 7.11 Å². The Hall–Kier alpha value is -1.58. The molecule has 2 N–H and O–H groups in total. The molecule has 2 rings (SSSR count). The normalized spacial score (nSPS) is 14.5. The predicted octanol–water partition coefficient (Wildman–Crippen LogP) is 3.23.